The van der Waals surface area contributed by atoms with Gasteiger partial charge >= 0.3 is 0 Å². The largest absolute Gasteiger partial charge is 0.368 e. The third-order valence-electron chi connectivity index (χ3n) is 2.41. The number of nitrogens with two attached hydrogens (primary N) is 1. The summed E-state index contributed by atoms with van der Waals surface area (Å²) in [7, 11) is 0. The van der Waals surface area contributed by atoms with Gasteiger partial charge in [-0.3, -0.25) is 0 Å². The molecule has 4 nitrogen and oxygen atoms in total. The van der Waals surface area contributed by atoms with Crippen LogP contribution in [-0.2, 0) is 0 Å². The Morgan fingerprint density at radius 2 is 1.94 bits per heavy atom. The molecule has 1 aromatic carbocycles. The van der Waals surface area contributed by atoms with Crippen LogP contribution in [0.4, 0.5) is 11.8 Å². The second kappa shape index (κ2) is 5.01. The normalized spacial score (nSPS) is 12.1. The SMILES string of the molecule is CC(Nc1ccnc(N)n1)c1ccc(Cl)cc1. The summed E-state index contributed by atoms with van der Waals surface area (Å²) in [5, 5.41) is 3.97. The van der Waals surface area contributed by atoms with Gasteiger partial charge in [0.15, 0.2) is 0 Å². The van der Waals surface area contributed by atoms with E-state index in [1.165, 1.54) is 0 Å². The number of nitrogens with one attached hydrogen (secondary N) is 1. The van der Waals surface area contributed by atoms with E-state index in [1.807, 2.05) is 31.2 Å². The summed E-state index contributed by atoms with van der Waals surface area (Å²) in [6.07, 6.45) is 1.62. The number of rotatable bonds is 3. The molecular formula is C12H13ClN4. The predicted octanol–water partition coefficient (Wildman–Crippen LogP) is 2.89. The molecule has 0 bridgehead atoms. The van der Waals surface area contributed by atoms with Crippen molar-refractivity contribution in [3.8, 4) is 0 Å². The van der Waals surface area contributed by atoms with E-state index in [0.717, 1.165) is 10.6 Å². The molecule has 2 rings (SSSR count). The van der Waals surface area contributed by atoms with Crippen LogP contribution in [0.2, 0.25) is 5.02 Å². The van der Waals surface area contributed by atoms with Gasteiger partial charge in [0, 0.05) is 17.3 Å². The highest BCUT2D eigenvalue weighted by atomic mass is 35.5. The van der Waals surface area contributed by atoms with E-state index in [1.54, 1.807) is 12.3 Å². The first-order chi connectivity index (χ1) is 8.15. The van der Waals surface area contributed by atoms with E-state index >= 15 is 0 Å². The molecule has 88 valence electrons. The Balaban J connectivity index is 2.11. The molecule has 1 unspecified atom stereocenters. The molecule has 2 aromatic rings. The van der Waals surface area contributed by atoms with Crippen LogP contribution in [0.3, 0.4) is 0 Å². The molecule has 0 aliphatic rings. The summed E-state index contributed by atoms with van der Waals surface area (Å²) in [5.74, 6) is 0.971. The van der Waals surface area contributed by atoms with Crippen LogP contribution in [0.5, 0.6) is 0 Å². The lowest BCUT2D eigenvalue weighted by Crippen LogP contribution is -2.08. The van der Waals surface area contributed by atoms with Gasteiger partial charge in [-0.2, -0.15) is 4.98 Å². The van der Waals surface area contributed by atoms with Crippen molar-refractivity contribution < 1.29 is 0 Å². The highest BCUT2D eigenvalue weighted by molar-refractivity contribution is 6.30. The van der Waals surface area contributed by atoms with E-state index < -0.39 is 0 Å². The summed E-state index contributed by atoms with van der Waals surface area (Å²) in [4.78, 5) is 7.93. The van der Waals surface area contributed by atoms with Gasteiger partial charge in [-0.05, 0) is 30.7 Å². The number of benzene rings is 1. The van der Waals surface area contributed by atoms with Crippen molar-refractivity contribution in [3.05, 3.63) is 47.1 Å². The van der Waals surface area contributed by atoms with Crippen LogP contribution >= 0.6 is 11.6 Å². The van der Waals surface area contributed by atoms with Crippen molar-refractivity contribution in [1.82, 2.24) is 9.97 Å². The highest BCUT2D eigenvalue weighted by Gasteiger charge is 2.06. The quantitative estimate of drug-likeness (QED) is 0.877. The lowest BCUT2D eigenvalue weighted by molar-refractivity contribution is 0.873. The molecule has 1 aromatic heterocycles. The standard InChI is InChI=1S/C12H13ClN4/c1-8(9-2-4-10(13)5-3-9)16-11-6-7-15-12(14)17-11/h2-8H,1H3,(H3,14,15,16,17). The molecule has 0 aliphatic carbocycles. The zero-order valence-corrected chi connectivity index (χ0v) is 10.1. The zero-order chi connectivity index (χ0) is 12.3. The lowest BCUT2D eigenvalue weighted by Gasteiger charge is -2.14. The minimum atomic E-state index is 0.126. The first-order valence-electron chi connectivity index (χ1n) is 5.25. The van der Waals surface area contributed by atoms with Crippen molar-refractivity contribution >= 4 is 23.4 Å². The maximum Gasteiger partial charge on any atom is 0.221 e. The molecule has 0 radical (unpaired) electrons. The maximum atomic E-state index is 5.84. The highest BCUT2D eigenvalue weighted by Crippen LogP contribution is 2.19. The van der Waals surface area contributed by atoms with Crippen molar-refractivity contribution in [2.45, 2.75) is 13.0 Å². The number of hydrogen-bond acceptors (Lipinski definition) is 4. The van der Waals surface area contributed by atoms with Crippen LogP contribution in [-0.4, -0.2) is 9.97 Å². The summed E-state index contributed by atoms with van der Waals surface area (Å²) in [6, 6.07) is 9.59. The Bertz CT molecular complexity index is 498. The van der Waals surface area contributed by atoms with E-state index in [9.17, 15) is 0 Å². The number of nitrogens with zero attached hydrogens (tertiary/aromatic N) is 2. The van der Waals surface area contributed by atoms with Crippen molar-refractivity contribution in [2.24, 2.45) is 0 Å². The molecular weight excluding hydrogens is 236 g/mol. The molecule has 0 aliphatic heterocycles. The van der Waals surface area contributed by atoms with E-state index in [2.05, 4.69) is 15.3 Å². The summed E-state index contributed by atoms with van der Waals surface area (Å²) in [5.41, 5.74) is 6.64. The Kier molecular flexibility index (Phi) is 3.44. The second-order valence-corrected chi connectivity index (χ2v) is 4.15. The first kappa shape index (κ1) is 11.7. The summed E-state index contributed by atoms with van der Waals surface area (Å²) >= 11 is 5.84. The minimum Gasteiger partial charge on any atom is -0.368 e. The minimum absolute atomic E-state index is 0.126. The van der Waals surface area contributed by atoms with E-state index in [0.29, 0.717) is 5.82 Å². The fourth-order valence-corrected chi connectivity index (χ4v) is 1.64. The number of nitrogen functional groups attached to an aromatic ring is 1. The Labute approximate surface area is 105 Å². The number of anilines is 2. The van der Waals surface area contributed by atoms with Crippen molar-refractivity contribution in [3.63, 3.8) is 0 Å². The number of aromatic nitrogens is 2. The number of halogens is 1. The Hall–Kier alpha value is -1.81. The van der Waals surface area contributed by atoms with Gasteiger partial charge in [-0.25, -0.2) is 4.98 Å². The smallest absolute Gasteiger partial charge is 0.221 e. The Morgan fingerprint density at radius 1 is 1.24 bits per heavy atom. The third kappa shape index (κ3) is 3.07. The molecule has 0 fully saturated rings. The average molecular weight is 249 g/mol. The molecule has 1 atom stereocenters. The van der Waals surface area contributed by atoms with Crippen LogP contribution < -0.4 is 11.1 Å². The summed E-state index contributed by atoms with van der Waals surface area (Å²) < 4.78 is 0. The van der Waals surface area contributed by atoms with Crippen LogP contribution in [0, 0.1) is 0 Å². The van der Waals surface area contributed by atoms with Gasteiger partial charge in [-0.15, -0.1) is 0 Å². The first-order valence-corrected chi connectivity index (χ1v) is 5.63. The van der Waals surface area contributed by atoms with Crippen molar-refractivity contribution in [1.29, 1.82) is 0 Å². The Morgan fingerprint density at radius 3 is 2.59 bits per heavy atom. The van der Waals surface area contributed by atoms with Gasteiger partial charge in [-0.1, -0.05) is 23.7 Å². The second-order valence-electron chi connectivity index (χ2n) is 3.72. The van der Waals surface area contributed by atoms with Crippen molar-refractivity contribution in [2.75, 3.05) is 11.1 Å². The van der Waals surface area contributed by atoms with Gasteiger partial charge in [0.25, 0.3) is 0 Å². The zero-order valence-electron chi connectivity index (χ0n) is 9.39. The van der Waals surface area contributed by atoms with Gasteiger partial charge in [0.2, 0.25) is 5.95 Å². The molecule has 0 amide bonds. The molecule has 1 heterocycles. The average Bonchev–Trinajstić information content (AvgIpc) is 2.29. The van der Waals surface area contributed by atoms with E-state index in [4.69, 9.17) is 17.3 Å². The maximum absolute atomic E-state index is 5.84. The van der Waals surface area contributed by atoms with Gasteiger partial charge in [0.05, 0.1) is 0 Å². The van der Waals surface area contributed by atoms with Crippen LogP contribution in [0.25, 0.3) is 0 Å². The van der Waals surface area contributed by atoms with Crippen LogP contribution in [0.1, 0.15) is 18.5 Å². The monoisotopic (exact) mass is 248 g/mol. The molecule has 3 N–H and O–H groups in total. The predicted molar refractivity (Wildman–Crippen MR) is 69.9 cm³/mol. The number of hydrogen-bond donors (Lipinski definition) is 2. The summed E-state index contributed by atoms with van der Waals surface area (Å²) in [6.45, 7) is 2.04. The third-order valence-corrected chi connectivity index (χ3v) is 2.66. The van der Waals surface area contributed by atoms with Gasteiger partial charge < -0.3 is 11.1 Å². The molecule has 0 saturated heterocycles. The van der Waals surface area contributed by atoms with Gasteiger partial charge in [0.1, 0.15) is 5.82 Å². The fraction of sp³-hybridized carbons (Fsp3) is 0.167. The molecule has 0 spiro atoms. The topological polar surface area (TPSA) is 63.8 Å². The molecule has 17 heavy (non-hydrogen) atoms. The molecule has 0 saturated carbocycles. The van der Waals surface area contributed by atoms with E-state index in [-0.39, 0.29) is 12.0 Å². The lowest BCUT2D eigenvalue weighted by atomic mass is 10.1. The van der Waals surface area contributed by atoms with Crippen LogP contribution in [0.15, 0.2) is 36.5 Å². The fourth-order valence-electron chi connectivity index (χ4n) is 1.51. The molecule has 5 heteroatoms.